The monoisotopic (exact) mass is 282 g/mol. The Bertz CT molecular complexity index is 430. The topological polar surface area (TPSA) is 49.4 Å². The number of carbonyl (C=O) groups is 2. The van der Waals surface area contributed by atoms with Crippen LogP contribution in [-0.4, -0.2) is 41.0 Å². The quantitative estimate of drug-likeness (QED) is 0.854. The van der Waals surface area contributed by atoms with Crippen molar-refractivity contribution < 1.29 is 14.0 Å². The van der Waals surface area contributed by atoms with Crippen molar-refractivity contribution in [2.45, 2.75) is 62.9 Å². The van der Waals surface area contributed by atoms with Crippen molar-refractivity contribution in [3.63, 3.8) is 0 Å². The van der Waals surface area contributed by atoms with Crippen LogP contribution in [0.15, 0.2) is 0 Å². The van der Waals surface area contributed by atoms with E-state index in [1.807, 2.05) is 6.92 Å². The SMILES string of the molecule is CC1(C2CC2)NC(=O)C2(CCCC2)N(CCCF)C1=O. The molecule has 2 saturated carbocycles. The number of hydrogen-bond donors (Lipinski definition) is 1. The van der Waals surface area contributed by atoms with Crippen LogP contribution < -0.4 is 5.32 Å². The van der Waals surface area contributed by atoms with E-state index in [4.69, 9.17) is 0 Å². The van der Waals surface area contributed by atoms with Crippen molar-refractivity contribution in [1.82, 2.24) is 10.2 Å². The first-order chi connectivity index (χ1) is 9.54. The molecule has 4 nitrogen and oxygen atoms in total. The Morgan fingerprint density at radius 1 is 1.30 bits per heavy atom. The van der Waals surface area contributed by atoms with E-state index in [1.54, 1.807) is 4.90 Å². The Labute approximate surface area is 119 Å². The third-order valence-electron chi connectivity index (χ3n) is 5.34. The second-order valence-corrected chi connectivity index (χ2v) is 6.67. The van der Waals surface area contributed by atoms with E-state index in [2.05, 4.69) is 5.32 Å². The Hall–Kier alpha value is -1.13. The van der Waals surface area contributed by atoms with Crippen LogP contribution in [0, 0.1) is 5.92 Å². The third-order valence-corrected chi connectivity index (χ3v) is 5.34. The van der Waals surface area contributed by atoms with E-state index in [-0.39, 0.29) is 17.7 Å². The Kier molecular flexibility index (Phi) is 3.26. The van der Waals surface area contributed by atoms with Gasteiger partial charge in [0.15, 0.2) is 0 Å². The average Bonchev–Trinajstić information content (AvgIpc) is 3.17. The summed E-state index contributed by atoms with van der Waals surface area (Å²) in [5.74, 6) is 0.253. The maximum absolute atomic E-state index is 12.9. The number of nitrogens with one attached hydrogen (secondary N) is 1. The number of alkyl halides is 1. The Balaban J connectivity index is 1.92. The van der Waals surface area contributed by atoms with E-state index < -0.39 is 17.8 Å². The highest BCUT2D eigenvalue weighted by molar-refractivity contribution is 6.02. The lowest BCUT2D eigenvalue weighted by molar-refractivity contribution is -0.163. The highest BCUT2D eigenvalue weighted by Gasteiger charge is 2.61. The fraction of sp³-hybridized carbons (Fsp3) is 0.867. The molecule has 0 radical (unpaired) electrons. The summed E-state index contributed by atoms with van der Waals surface area (Å²) in [7, 11) is 0. The number of amides is 2. The molecule has 1 spiro atoms. The van der Waals surface area contributed by atoms with Gasteiger partial charge in [-0.1, -0.05) is 12.8 Å². The lowest BCUT2D eigenvalue weighted by Crippen LogP contribution is -2.75. The molecule has 1 aliphatic heterocycles. The van der Waals surface area contributed by atoms with Crippen LogP contribution >= 0.6 is 0 Å². The molecule has 0 aromatic rings. The van der Waals surface area contributed by atoms with Gasteiger partial charge in [-0.2, -0.15) is 0 Å². The normalized spacial score (nSPS) is 32.8. The lowest BCUT2D eigenvalue weighted by Gasteiger charge is -2.50. The van der Waals surface area contributed by atoms with Gasteiger partial charge in [0, 0.05) is 6.54 Å². The zero-order valence-corrected chi connectivity index (χ0v) is 12.1. The molecule has 1 N–H and O–H groups in total. The van der Waals surface area contributed by atoms with E-state index >= 15 is 0 Å². The van der Waals surface area contributed by atoms with Gasteiger partial charge in [-0.05, 0) is 44.9 Å². The fourth-order valence-corrected chi connectivity index (χ4v) is 3.93. The smallest absolute Gasteiger partial charge is 0.249 e. The van der Waals surface area contributed by atoms with Gasteiger partial charge < -0.3 is 10.2 Å². The molecule has 1 heterocycles. The minimum atomic E-state index is -0.763. The highest BCUT2D eigenvalue weighted by atomic mass is 19.1. The first-order valence-corrected chi connectivity index (χ1v) is 7.75. The van der Waals surface area contributed by atoms with Gasteiger partial charge in [0.05, 0.1) is 6.67 Å². The number of piperazine rings is 1. The van der Waals surface area contributed by atoms with Crippen LogP contribution in [0.2, 0.25) is 0 Å². The van der Waals surface area contributed by atoms with Crippen LogP contribution in [0.1, 0.15) is 51.9 Å². The molecule has 20 heavy (non-hydrogen) atoms. The second-order valence-electron chi connectivity index (χ2n) is 6.67. The van der Waals surface area contributed by atoms with Gasteiger partial charge in [0.2, 0.25) is 11.8 Å². The second kappa shape index (κ2) is 4.71. The largest absolute Gasteiger partial charge is 0.340 e. The maximum atomic E-state index is 12.9. The van der Waals surface area contributed by atoms with Crippen molar-refractivity contribution in [2.24, 2.45) is 5.92 Å². The lowest BCUT2D eigenvalue weighted by atomic mass is 9.82. The summed E-state index contributed by atoms with van der Waals surface area (Å²) in [5, 5.41) is 3.02. The summed E-state index contributed by atoms with van der Waals surface area (Å²) < 4.78 is 12.6. The Morgan fingerprint density at radius 2 is 1.95 bits per heavy atom. The summed E-state index contributed by atoms with van der Waals surface area (Å²) in [6.07, 6.45) is 5.68. The molecule has 3 rings (SSSR count). The van der Waals surface area contributed by atoms with Crippen molar-refractivity contribution in [2.75, 3.05) is 13.2 Å². The molecule has 5 heteroatoms. The predicted octanol–water partition coefficient (Wildman–Crippen LogP) is 1.79. The third kappa shape index (κ3) is 1.85. The van der Waals surface area contributed by atoms with Crippen LogP contribution in [-0.2, 0) is 9.59 Å². The predicted molar refractivity (Wildman–Crippen MR) is 72.8 cm³/mol. The van der Waals surface area contributed by atoms with Crippen molar-refractivity contribution in [1.29, 1.82) is 0 Å². The molecule has 0 aromatic carbocycles. The minimum Gasteiger partial charge on any atom is -0.340 e. The van der Waals surface area contributed by atoms with Crippen molar-refractivity contribution >= 4 is 11.8 Å². The number of halogens is 1. The van der Waals surface area contributed by atoms with Gasteiger partial charge in [-0.25, -0.2) is 0 Å². The van der Waals surface area contributed by atoms with Crippen LogP contribution in [0.3, 0.4) is 0 Å². The molecule has 2 aliphatic carbocycles. The average molecular weight is 282 g/mol. The number of carbonyl (C=O) groups excluding carboxylic acids is 2. The summed E-state index contributed by atoms with van der Waals surface area (Å²) >= 11 is 0. The molecule has 1 unspecified atom stereocenters. The summed E-state index contributed by atoms with van der Waals surface area (Å²) in [4.78, 5) is 27.3. The number of nitrogens with zero attached hydrogens (tertiary/aromatic N) is 1. The summed E-state index contributed by atoms with van der Waals surface area (Å²) in [6.45, 7) is 1.77. The molecule has 112 valence electrons. The standard InChI is InChI=1S/C15H23FN2O2/c1-14(11-5-6-11)13(20)18(10-4-9-16)15(12(19)17-14)7-2-3-8-15/h11H,2-10H2,1H3,(H,17,19). The summed E-state index contributed by atoms with van der Waals surface area (Å²) in [6, 6.07) is 0. The Morgan fingerprint density at radius 3 is 2.50 bits per heavy atom. The van der Waals surface area contributed by atoms with E-state index in [1.165, 1.54) is 0 Å². The molecule has 3 fully saturated rings. The molecule has 1 atom stereocenters. The molecular weight excluding hydrogens is 259 g/mol. The maximum Gasteiger partial charge on any atom is 0.249 e. The van der Waals surface area contributed by atoms with E-state index in [9.17, 15) is 14.0 Å². The van der Waals surface area contributed by atoms with Gasteiger partial charge in [-0.15, -0.1) is 0 Å². The number of rotatable bonds is 4. The van der Waals surface area contributed by atoms with Gasteiger partial charge in [-0.3, -0.25) is 14.0 Å². The molecule has 3 aliphatic rings. The van der Waals surface area contributed by atoms with Crippen molar-refractivity contribution in [3.8, 4) is 0 Å². The molecule has 2 amide bonds. The molecule has 1 saturated heterocycles. The minimum absolute atomic E-state index is 0.00921. The van der Waals surface area contributed by atoms with E-state index in [0.29, 0.717) is 13.0 Å². The van der Waals surface area contributed by atoms with Crippen molar-refractivity contribution in [3.05, 3.63) is 0 Å². The fourth-order valence-electron chi connectivity index (χ4n) is 3.93. The van der Waals surface area contributed by atoms with Crippen LogP contribution in [0.5, 0.6) is 0 Å². The summed E-state index contributed by atoms with van der Waals surface area (Å²) in [5.41, 5.74) is -1.46. The molecular formula is C15H23FN2O2. The zero-order valence-electron chi connectivity index (χ0n) is 12.1. The first kappa shape index (κ1) is 13.8. The van der Waals surface area contributed by atoms with Gasteiger partial charge >= 0.3 is 0 Å². The van der Waals surface area contributed by atoms with Gasteiger partial charge in [0.25, 0.3) is 0 Å². The molecule has 0 bridgehead atoms. The van der Waals surface area contributed by atoms with E-state index in [0.717, 1.165) is 38.5 Å². The zero-order chi connectivity index (χ0) is 14.4. The number of hydrogen-bond acceptors (Lipinski definition) is 2. The highest BCUT2D eigenvalue weighted by Crippen LogP contribution is 2.47. The first-order valence-electron chi connectivity index (χ1n) is 7.75. The van der Waals surface area contributed by atoms with Crippen LogP contribution in [0.25, 0.3) is 0 Å². The van der Waals surface area contributed by atoms with Crippen LogP contribution in [0.4, 0.5) is 4.39 Å². The van der Waals surface area contributed by atoms with Gasteiger partial charge in [0.1, 0.15) is 11.1 Å². The molecule has 0 aromatic heterocycles.